The number of hydrogen-bond donors (Lipinski definition) is 1. The number of nitrogens with one attached hydrogen (secondary N) is 1. The topological polar surface area (TPSA) is 51.5 Å². The zero-order valence-corrected chi connectivity index (χ0v) is 19.2. The monoisotopic (exact) mass is 447 g/mol. The van der Waals surface area contributed by atoms with E-state index in [4.69, 9.17) is 9.15 Å². The molecule has 4 nitrogen and oxygen atoms in total. The predicted octanol–water partition coefficient (Wildman–Crippen LogP) is 7.69. The van der Waals surface area contributed by atoms with Gasteiger partial charge in [-0.15, -0.1) is 0 Å². The Morgan fingerprint density at radius 3 is 2.50 bits per heavy atom. The van der Waals surface area contributed by atoms with Crippen LogP contribution < -0.4 is 10.1 Å². The third-order valence-corrected chi connectivity index (χ3v) is 5.85. The summed E-state index contributed by atoms with van der Waals surface area (Å²) in [6.45, 7) is 4.38. The maximum atomic E-state index is 12.6. The molecule has 1 aromatic heterocycles. The number of allylic oxidation sites excluding steroid dienone is 1. The number of rotatable bonds is 6. The second-order valence-electron chi connectivity index (χ2n) is 8.17. The highest BCUT2D eigenvalue weighted by Gasteiger charge is 2.15. The Kier molecular flexibility index (Phi) is 5.88. The molecule has 4 aromatic carbocycles. The quantitative estimate of drug-likeness (QED) is 0.271. The minimum atomic E-state index is -0.187. The van der Waals surface area contributed by atoms with Crippen LogP contribution in [-0.4, -0.2) is 12.5 Å². The summed E-state index contributed by atoms with van der Waals surface area (Å²) in [5.41, 5.74) is 5.26. The van der Waals surface area contributed by atoms with Crippen LogP contribution in [0.15, 0.2) is 102 Å². The van der Waals surface area contributed by atoms with Crippen molar-refractivity contribution < 1.29 is 13.9 Å². The molecule has 5 aromatic rings. The van der Waals surface area contributed by atoms with E-state index in [0.29, 0.717) is 12.4 Å². The molecule has 168 valence electrons. The van der Waals surface area contributed by atoms with Crippen LogP contribution in [0.4, 0.5) is 5.69 Å². The molecule has 4 heteroatoms. The molecule has 0 aliphatic carbocycles. The summed E-state index contributed by atoms with van der Waals surface area (Å²) in [6, 6.07) is 28.1. The van der Waals surface area contributed by atoms with E-state index in [1.54, 1.807) is 12.3 Å². The lowest BCUT2D eigenvalue weighted by molar-refractivity contribution is -0.111. The number of benzene rings is 4. The SMILES string of the molecule is CCOc1cc2occ(-c3ccc4ccccc4c3)c2cc1/C(C)=C/C(=O)Nc1ccccc1. The molecule has 0 bridgehead atoms. The fourth-order valence-electron chi connectivity index (χ4n) is 4.19. The van der Waals surface area contributed by atoms with Crippen molar-refractivity contribution in [2.24, 2.45) is 0 Å². The minimum absolute atomic E-state index is 0.187. The van der Waals surface area contributed by atoms with Crippen molar-refractivity contribution in [2.75, 3.05) is 11.9 Å². The highest BCUT2D eigenvalue weighted by atomic mass is 16.5. The van der Waals surface area contributed by atoms with E-state index in [0.717, 1.165) is 38.9 Å². The van der Waals surface area contributed by atoms with Crippen molar-refractivity contribution in [1.82, 2.24) is 0 Å². The summed E-state index contributed by atoms with van der Waals surface area (Å²) in [4.78, 5) is 12.6. The maximum Gasteiger partial charge on any atom is 0.248 e. The van der Waals surface area contributed by atoms with E-state index in [2.05, 4.69) is 41.7 Å². The maximum absolute atomic E-state index is 12.6. The number of para-hydroxylation sites is 1. The summed E-state index contributed by atoms with van der Waals surface area (Å²) in [5.74, 6) is 0.504. The molecule has 0 atom stereocenters. The largest absolute Gasteiger partial charge is 0.493 e. The number of hydrogen-bond acceptors (Lipinski definition) is 3. The van der Waals surface area contributed by atoms with Gasteiger partial charge in [0.25, 0.3) is 0 Å². The number of anilines is 1. The fraction of sp³-hybridized carbons (Fsp3) is 0.100. The number of carbonyl (C=O) groups is 1. The van der Waals surface area contributed by atoms with Crippen LogP contribution in [0.1, 0.15) is 19.4 Å². The molecule has 0 unspecified atom stereocenters. The molecule has 0 saturated carbocycles. The van der Waals surface area contributed by atoms with Crippen molar-refractivity contribution in [3.8, 4) is 16.9 Å². The van der Waals surface area contributed by atoms with Gasteiger partial charge in [0.15, 0.2) is 0 Å². The molecule has 0 aliphatic heterocycles. The number of carbonyl (C=O) groups excluding carboxylic acids is 1. The minimum Gasteiger partial charge on any atom is -0.493 e. The molecule has 0 saturated heterocycles. The molecule has 0 fully saturated rings. The molecular formula is C30H25NO3. The van der Waals surface area contributed by atoms with Gasteiger partial charge in [-0.2, -0.15) is 0 Å². The average Bonchev–Trinajstić information content (AvgIpc) is 3.27. The second-order valence-corrected chi connectivity index (χ2v) is 8.17. The van der Waals surface area contributed by atoms with Crippen molar-refractivity contribution in [1.29, 1.82) is 0 Å². The van der Waals surface area contributed by atoms with E-state index in [1.807, 2.05) is 62.4 Å². The first kappa shape index (κ1) is 21.5. The highest BCUT2D eigenvalue weighted by Crippen LogP contribution is 2.38. The third-order valence-electron chi connectivity index (χ3n) is 5.85. The molecule has 0 spiro atoms. The molecule has 1 heterocycles. The van der Waals surface area contributed by atoms with E-state index < -0.39 is 0 Å². The van der Waals surface area contributed by atoms with Crippen LogP contribution in [0.25, 0.3) is 38.4 Å². The number of furan rings is 1. The highest BCUT2D eigenvalue weighted by molar-refractivity contribution is 6.05. The predicted molar refractivity (Wildman–Crippen MR) is 139 cm³/mol. The molecule has 0 radical (unpaired) electrons. The zero-order chi connectivity index (χ0) is 23.5. The van der Waals surface area contributed by atoms with Gasteiger partial charge in [-0.05, 0) is 60.0 Å². The first-order chi connectivity index (χ1) is 16.6. The van der Waals surface area contributed by atoms with Crippen LogP contribution in [0, 0.1) is 0 Å². The Morgan fingerprint density at radius 1 is 0.941 bits per heavy atom. The van der Waals surface area contributed by atoms with Gasteiger partial charge in [0.2, 0.25) is 5.91 Å². The average molecular weight is 448 g/mol. The molecule has 34 heavy (non-hydrogen) atoms. The number of amides is 1. The second kappa shape index (κ2) is 9.28. The van der Waals surface area contributed by atoms with Crippen LogP contribution >= 0.6 is 0 Å². The van der Waals surface area contributed by atoms with Gasteiger partial charge in [-0.1, -0.05) is 54.6 Å². The van der Waals surface area contributed by atoms with Gasteiger partial charge >= 0.3 is 0 Å². The Labute approximate surface area is 198 Å². The first-order valence-electron chi connectivity index (χ1n) is 11.3. The Hall–Kier alpha value is -4.31. The lowest BCUT2D eigenvalue weighted by Crippen LogP contribution is -2.08. The van der Waals surface area contributed by atoms with Crippen LogP contribution in [-0.2, 0) is 4.79 Å². The van der Waals surface area contributed by atoms with E-state index >= 15 is 0 Å². The Bertz CT molecular complexity index is 1510. The van der Waals surface area contributed by atoms with Gasteiger partial charge < -0.3 is 14.5 Å². The summed E-state index contributed by atoms with van der Waals surface area (Å²) >= 11 is 0. The van der Waals surface area contributed by atoms with E-state index in [-0.39, 0.29) is 5.91 Å². The standard InChI is InChI=1S/C30H25NO3/c1-3-33-28-18-29-26(17-25(28)20(2)15-30(32)31-24-11-5-4-6-12-24)27(19-34-29)23-14-13-21-9-7-8-10-22(21)16-23/h4-19H,3H2,1-2H3,(H,31,32)/b20-15+. The van der Waals surface area contributed by atoms with Crippen LogP contribution in [0.5, 0.6) is 5.75 Å². The summed E-state index contributed by atoms with van der Waals surface area (Å²) < 4.78 is 11.8. The molecule has 1 amide bonds. The normalized spacial score (nSPS) is 11.6. The van der Waals surface area contributed by atoms with Gasteiger partial charge in [-0.25, -0.2) is 0 Å². The first-order valence-corrected chi connectivity index (χ1v) is 11.3. The molecule has 5 rings (SSSR count). The zero-order valence-electron chi connectivity index (χ0n) is 19.2. The van der Waals surface area contributed by atoms with Gasteiger partial charge in [-0.3, -0.25) is 4.79 Å². The third kappa shape index (κ3) is 4.30. The Morgan fingerprint density at radius 2 is 1.71 bits per heavy atom. The molecular weight excluding hydrogens is 422 g/mol. The van der Waals surface area contributed by atoms with E-state index in [1.165, 1.54) is 10.8 Å². The van der Waals surface area contributed by atoms with Crippen molar-refractivity contribution in [3.63, 3.8) is 0 Å². The van der Waals surface area contributed by atoms with Crippen molar-refractivity contribution >= 4 is 38.9 Å². The summed E-state index contributed by atoms with van der Waals surface area (Å²) in [7, 11) is 0. The lowest BCUT2D eigenvalue weighted by Gasteiger charge is -2.12. The summed E-state index contributed by atoms with van der Waals surface area (Å²) in [5, 5.41) is 6.25. The van der Waals surface area contributed by atoms with Gasteiger partial charge in [0, 0.05) is 34.3 Å². The van der Waals surface area contributed by atoms with Crippen molar-refractivity contribution in [3.05, 3.63) is 103 Å². The summed E-state index contributed by atoms with van der Waals surface area (Å²) in [6.07, 6.45) is 3.39. The van der Waals surface area contributed by atoms with Crippen LogP contribution in [0.3, 0.4) is 0 Å². The van der Waals surface area contributed by atoms with Gasteiger partial charge in [0.05, 0.1) is 12.9 Å². The number of ether oxygens (including phenoxy) is 1. The molecule has 0 aliphatic rings. The molecule has 1 N–H and O–H groups in total. The van der Waals surface area contributed by atoms with E-state index in [9.17, 15) is 4.79 Å². The van der Waals surface area contributed by atoms with Crippen molar-refractivity contribution in [2.45, 2.75) is 13.8 Å². The Balaban J connectivity index is 1.56. The number of fused-ring (bicyclic) bond motifs is 2. The van der Waals surface area contributed by atoms with Gasteiger partial charge in [0.1, 0.15) is 11.3 Å². The fourth-order valence-corrected chi connectivity index (χ4v) is 4.19. The van der Waals surface area contributed by atoms with Crippen LogP contribution in [0.2, 0.25) is 0 Å². The lowest BCUT2D eigenvalue weighted by atomic mass is 9.97. The smallest absolute Gasteiger partial charge is 0.248 e.